The quantitative estimate of drug-likeness (QED) is 0.907. The van der Waals surface area contributed by atoms with E-state index in [1.165, 1.54) is 0 Å². The van der Waals surface area contributed by atoms with E-state index in [9.17, 15) is 8.78 Å². The molecule has 1 aliphatic heterocycles. The summed E-state index contributed by atoms with van der Waals surface area (Å²) in [6, 6.07) is 8.15. The normalized spacial score (nSPS) is 16.2. The fourth-order valence-electron chi connectivity index (χ4n) is 2.31. The van der Waals surface area contributed by atoms with Crippen LogP contribution in [0.25, 0.3) is 0 Å². The Hall–Kier alpha value is -2.37. The van der Waals surface area contributed by atoms with Crippen molar-refractivity contribution in [2.24, 2.45) is 0 Å². The first-order valence-electron chi connectivity index (χ1n) is 6.77. The molecule has 21 heavy (non-hydrogen) atoms. The second-order valence-corrected chi connectivity index (χ2v) is 4.73. The van der Waals surface area contributed by atoms with Crippen LogP contribution in [-0.2, 0) is 0 Å². The van der Waals surface area contributed by atoms with E-state index in [1.54, 1.807) is 0 Å². The number of hydrogen-bond acceptors (Lipinski definition) is 4. The molecule has 1 atom stereocenters. The highest BCUT2D eigenvalue weighted by atomic mass is 19.1. The van der Waals surface area contributed by atoms with E-state index in [1.807, 2.05) is 31.2 Å². The molecule has 0 spiro atoms. The predicted molar refractivity (Wildman–Crippen MR) is 76.6 cm³/mol. The third kappa shape index (κ3) is 2.61. The van der Waals surface area contributed by atoms with Gasteiger partial charge in [0.15, 0.2) is 23.3 Å². The second-order valence-electron chi connectivity index (χ2n) is 4.73. The number of ether oxygens (including phenoxy) is 1. The number of nitrogens with one attached hydrogen (secondary N) is 2. The Bertz CT molecular complexity index is 663. The third-order valence-corrected chi connectivity index (χ3v) is 3.28. The van der Waals surface area contributed by atoms with Gasteiger partial charge in [-0.2, -0.15) is 0 Å². The molecule has 1 aromatic heterocycles. The molecular weight excluding hydrogens is 276 g/mol. The Morgan fingerprint density at radius 1 is 1.24 bits per heavy atom. The zero-order chi connectivity index (χ0) is 14.8. The van der Waals surface area contributed by atoms with Crippen LogP contribution in [0, 0.1) is 11.6 Å². The summed E-state index contributed by atoms with van der Waals surface area (Å²) in [5, 5.41) is 5.74. The van der Waals surface area contributed by atoms with Crippen molar-refractivity contribution in [3.8, 4) is 5.75 Å². The van der Waals surface area contributed by atoms with Crippen molar-refractivity contribution < 1.29 is 13.5 Å². The minimum absolute atomic E-state index is 0.0117. The zero-order valence-electron chi connectivity index (χ0n) is 11.5. The number of benzene rings is 1. The summed E-state index contributed by atoms with van der Waals surface area (Å²) in [4.78, 5) is 3.97. The van der Waals surface area contributed by atoms with E-state index in [0.29, 0.717) is 13.2 Å². The molecule has 2 heterocycles. The molecule has 3 rings (SSSR count). The van der Waals surface area contributed by atoms with Gasteiger partial charge in [0.2, 0.25) is 0 Å². The molecule has 1 unspecified atom stereocenters. The molecule has 0 radical (unpaired) electrons. The van der Waals surface area contributed by atoms with Gasteiger partial charge in [-0.25, -0.2) is 13.8 Å². The Labute approximate surface area is 121 Å². The average molecular weight is 291 g/mol. The summed E-state index contributed by atoms with van der Waals surface area (Å²) in [7, 11) is 0. The number of para-hydroxylation sites is 1. The molecular formula is C15H15F2N3O. The Balaban J connectivity index is 1.87. The minimum Gasteiger partial charge on any atom is -0.491 e. The maximum Gasteiger partial charge on any atom is 0.168 e. The number of fused-ring (bicyclic) bond motifs is 1. The van der Waals surface area contributed by atoms with E-state index >= 15 is 0 Å². The number of hydrogen-bond donors (Lipinski definition) is 2. The smallest absolute Gasteiger partial charge is 0.168 e. The number of nitrogens with zero attached hydrogens (tertiary/aromatic N) is 1. The first-order chi connectivity index (χ1) is 10.2. The lowest BCUT2D eigenvalue weighted by atomic mass is 10.1. The molecule has 1 aromatic carbocycles. The lowest BCUT2D eigenvalue weighted by molar-refractivity contribution is 0.339. The van der Waals surface area contributed by atoms with Gasteiger partial charge >= 0.3 is 0 Å². The highest BCUT2D eigenvalue weighted by Crippen LogP contribution is 2.34. The fraction of sp³-hybridized carbons (Fsp3) is 0.267. The molecule has 0 aliphatic carbocycles. The summed E-state index contributed by atoms with van der Waals surface area (Å²) >= 11 is 0. The first-order valence-corrected chi connectivity index (χ1v) is 6.77. The van der Waals surface area contributed by atoms with Gasteiger partial charge in [0.05, 0.1) is 6.04 Å². The molecule has 4 nitrogen and oxygen atoms in total. The van der Waals surface area contributed by atoms with E-state index in [2.05, 4.69) is 15.6 Å². The molecule has 0 fully saturated rings. The van der Waals surface area contributed by atoms with Crippen LogP contribution >= 0.6 is 0 Å². The monoisotopic (exact) mass is 291 g/mol. The zero-order valence-corrected chi connectivity index (χ0v) is 11.5. The molecule has 2 N–H and O–H groups in total. The largest absolute Gasteiger partial charge is 0.491 e. The molecule has 110 valence electrons. The van der Waals surface area contributed by atoms with Crippen LogP contribution in [0.1, 0.15) is 18.5 Å². The first kappa shape index (κ1) is 13.6. The topological polar surface area (TPSA) is 46.2 Å². The molecule has 2 aromatic rings. The van der Waals surface area contributed by atoms with Crippen molar-refractivity contribution in [3.05, 3.63) is 47.5 Å². The van der Waals surface area contributed by atoms with Gasteiger partial charge in [-0.05, 0) is 13.0 Å². The maximum absolute atomic E-state index is 13.9. The van der Waals surface area contributed by atoms with Crippen LogP contribution in [0.2, 0.25) is 0 Å². The SMILES string of the molecule is CCNc1nc(NC2COc3ccccc32)c(F)cc1F. The lowest BCUT2D eigenvalue weighted by Gasteiger charge is -2.14. The van der Waals surface area contributed by atoms with Crippen LogP contribution < -0.4 is 15.4 Å². The highest BCUT2D eigenvalue weighted by molar-refractivity contribution is 5.51. The number of pyridine rings is 1. The van der Waals surface area contributed by atoms with Crippen molar-refractivity contribution in [3.63, 3.8) is 0 Å². The van der Waals surface area contributed by atoms with Crippen molar-refractivity contribution in [1.82, 2.24) is 4.98 Å². The van der Waals surface area contributed by atoms with E-state index < -0.39 is 11.6 Å². The summed E-state index contributed by atoms with van der Waals surface area (Å²) in [6.07, 6.45) is 0. The number of aromatic nitrogens is 1. The molecule has 6 heteroatoms. The van der Waals surface area contributed by atoms with E-state index in [4.69, 9.17) is 4.74 Å². The average Bonchev–Trinajstić information content (AvgIpc) is 2.88. The Morgan fingerprint density at radius 2 is 2.00 bits per heavy atom. The highest BCUT2D eigenvalue weighted by Gasteiger charge is 2.25. The number of rotatable bonds is 4. The summed E-state index contributed by atoms with van der Waals surface area (Å²) in [5.41, 5.74) is 0.938. The van der Waals surface area contributed by atoms with E-state index in [0.717, 1.165) is 17.4 Å². The van der Waals surface area contributed by atoms with Gasteiger partial charge in [-0.3, -0.25) is 0 Å². The van der Waals surface area contributed by atoms with Gasteiger partial charge in [0.1, 0.15) is 12.4 Å². The van der Waals surface area contributed by atoms with Crippen LogP contribution in [-0.4, -0.2) is 18.1 Å². The fourth-order valence-corrected chi connectivity index (χ4v) is 2.31. The standard InChI is InChI=1S/C15H15F2N3O/c1-2-18-14-10(16)7-11(17)15(20-14)19-12-8-21-13-6-4-3-5-9(12)13/h3-7,12H,2,8H2,1H3,(H2,18,19,20). The van der Waals surface area contributed by atoms with Crippen molar-refractivity contribution in [2.45, 2.75) is 13.0 Å². The molecule has 0 amide bonds. The molecule has 1 aliphatic rings. The predicted octanol–water partition coefficient (Wildman–Crippen LogP) is 3.34. The second kappa shape index (κ2) is 5.55. The van der Waals surface area contributed by atoms with Crippen molar-refractivity contribution in [1.29, 1.82) is 0 Å². The molecule has 0 saturated heterocycles. The van der Waals surface area contributed by atoms with Gasteiger partial charge in [0.25, 0.3) is 0 Å². The Morgan fingerprint density at radius 3 is 2.81 bits per heavy atom. The lowest BCUT2D eigenvalue weighted by Crippen LogP contribution is -2.15. The van der Waals surface area contributed by atoms with Crippen LogP contribution in [0.3, 0.4) is 0 Å². The minimum atomic E-state index is -0.724. The summed E-state index contributed by atoms with van der Waals surface area (Å²) in [6.45, 7) is 2.71. The number of halogens is 2. The van der Waals surface area contributed by atoms with Gasteiger partial charge in [0, 0.05) is 18.2 Å². The van der Waals surface area contributed by atoms with Crippen LogP contribution in [0.15, 0.2) is 30.3 Å². The van der Waals surface area contributed by atoms with E-state index in [-0.39, 0.29) is 17.7 Å². The maximum atomic E-state index is 13.9. The molecule has 0 saturated carbocycles. The summed E-state index contributed by atoms with van der Waals surface area (Å²) < 4.78 is 32.9. The van der Waals surface area contributed by atoms with Gasteiger partial charge in [-0.1, -0.05) is 18.2 Å². The van der Waals surface area contributed by atoms with Crippen LogP contribution in [0.4, 0.5) is 20.4 Å². The van der Waals surface area contributed by atoms with Gasteiger partial charge < -0.3 is 15.4 Å². The van der Waals surface area contributed by atoms with Gasteiger partial charge in [-0.15, -0.1) is 0 Å². The van der Waals surface area contributed by atoms with Crippen molar-refractivity contribution >= 4 is 11.6 Å². The summed E-state index contributed by atoms with van der Waals surface area (Å²) in [5.74, 6) is -0.614. The molecule has 0 bridgehead atoms. The van der Waals surface area contributed by atoms with Crippen molar-refractivity contribution in [2.75, 3.05) is 23.8 Å². The Kier molecular flexibility index (Phi) is 3.60. The van der Waals surface area contributed by atoms with Crippen LogP contribution in [0.5, 0.6) is 5.75 Å². The number of anilines is 2. The third-order valence-electron chi connectivity index (χ3n) is 3.28.